The van der Waals surface area contributed by atoms with Crippen LogP contribution in [0.15, 0.2) is 89.3 Å². The number of aliphatic hydroxyl groups is 1. The van der Waals surface area contributed by atoms with Gasteiger partial charge in [-0.3, -0.25) is 38.5 Å². The summed E-state index contributed by atoms with van der Waals surface area (Å²) in [5.74, 6) is -3.78. The Morgan fingerprint density at radius 2 is 1.56 bits per heavy atom. The average Bonchev–Trinajstić information content (AvgIpc) is 2.15. The highest BCUT2D eigenvalue weighted by molar-refractivity contribution is 7.13. The number of H-pyrrole nitrogens is 1. The fourth-order valence-electron chi connectivity index (χ4n) is 10.9. The Bertz CT molecular complexity index is 3310. The van der Waals surface area contributed by atoms with E-state index in [1.165, 1.54) is 16.2 Å². The van der Waals surface area contributed by atoms with Crippen molar-refractivity contribution >= 4 is 58.2 Å². The van der Waals surface area contributed by atoms with Crippen LogP contribution in [0.25, 0.3) is 21.6 Å². The van der Waals surface area contributed by atoms with Crippen LogP contribution in [0.5, 0.6) is 0 Å². The van der Waals surface area contributed by atoms with Gasteiger partial charge in [-0.25, -0.2) is 9.37 Å². The van der Waals surface area contributed by atoms with Crippen LogP contribution in [0.3, 0.4) is 0 Å². The normalized spacial score (nSPS) is 19.1. The van der Waals surface area contributed by atoms with Gasteiger partial charge in [0.25, 0.3) is 11.8 Å². The van der Waals surface area contributed by atoms with E-state index < -0.39 is 87.7 Å². The minimum absolute atomic E-state index is 0.0180. The van der Waals surface area contributed by atoms with Gasteiger partial charge >= 0.3 is 6.18 Å². The first kappa shape index (κ1) is 61.0. The van der Waals surface area contributed by atoms with Crippen molar-refractivity contribution in [3.63, 3.8) is 0 Å². The van der Waals surface area contributed by atoms with E-state index in [0.29, 0.717) is 74.4 Å². The standard InChI is InChI=1S/C60H71F4N11O8S/c1-36-52(84-35-67-36)39-11-9-38(10-12-39)45(68-55(81)48-29-42(76)34-75(48)56(82)53(58(2,3)4)70-57(83)59(61)16-17-59)31-50(78)65-18-15-51(79)74-25-21-72(22-26-74)33-37-7-6-8-40(27-37)41-13-14-47(73-23-19-71(5)20-24-73)46(28-41)69-54(80)43-32-66-49(77)30-44(43)60(62,63)64/h6-14,27-28,30,32,35,42,45,48,53,76H,15-26,29,31,33-34H2,1-5H3,(H,65,78)(H,66,77)(H,68,81)(H,69,80)(H,70,83)/t42-,45?,48+,53?/m1/s1. The molecule has 4 aliphatic rings. The molecule has 3 aromatic carbocycles. The van der Waals surface area contributed by atoms with E-state index in [1.807, 2.05) is 62.5 Å². The molecule has 2 aromatic heterocycles. The summed E-state index contributed by atoms with van der Waals surface area (Å²) in [6.45, 7) is 12.2. The number of amides is 6. The Kier molecular flexibility index (Phi) is 18.4. The molecule has 19 nitrogen and oxygen atoms in total. The van der Waals surface area contributed by atoms with Crippen LogP contribution in [-0.4, -0.2) is 166 Å². The third-order valence-electron chi connectivity index (χ3n) is 16.0. The highest BCUT2D eigenvalue weighted by Crippen LogP contribution is 2.41. The van der Waals surface area contributed by atoms with E-state index in [4.69, 9.17) is 0 Å². The lowest BCUT2D eigenvalue weighted by Gasteiger charge is -2.36. The molecule has 24 heteroatoms. The number of thiazole rings is 1. The zero-order valence-electron chi connectivity index (χ0n) is 47.6. The molecular formula is C60H71F4N11O8S. The number of carbonyl (C=O) groups is 6. The van der Waals surface area contributed by atoms with Crippen molar-refractivity contribution in [3.05, 3.63) is 123 Å². The van der Waals surface area contributed by atoms with Gasteiger partial charge in [0.1, 0.15) is 12.1 Å². The molecule has 3 aliphatic heterocycles. The number of carbonyl (C=O) groups excluding carboxylic acids is 6. The first-order valence-corrected chi connectivity index (χ1v) is 29.1. The van der Waals surface area contributed by atoms with Crippen LogP contribution in [0.4, 0.5) is 28.9 Å². The molecule has 5 heterocycles. The number of nitrogens with zero attached hydrogens (tertiary/aromatic N) is 6. The number of aliphatic hydroxyl groups excluding tert-OH is 1. The lowest BCUT2D eigenvalue weighted by atomic mass is 9.85. The summed E-state index contributed by atoms with van der Waals surface area (Å²) in [6, 6.07) is 17.7. The number of β-amino-alcohol motifs (C(OH)–C–C–N with tert-alkyl or cyclic N) is 1. The van der Waals surface area contributed by atoms with Crippen molar-refractivity contribution in [2.75, 3.05) is 82.7 Å². The Hall–Kier alpha value is -7.54. The molecule has 448 valence electrons. The summed E-state index contributed by atoms with van der Waals surface area (Å²) >= 11 is 1.47. The lowest BCUT2D eigenvalue weighted by molar-refractivity contribution is -0.145. The number of likely N-dealkylation sites (tertiary alicyclic amines) is 1. The number of aryl methyl sites for hydroxylation is 1. The smallest absolute Gasteiger partial charge is 0.391 e. The quantitative estimate of drug-likeness (QED) is 0.0565. The second-order valence-electron chi connectivity index (χ2n) is 23.3. The maximum Gasteiger partial charge on any atom is 0.417 e. The minimum atomic E-state index is -4.94. The maximum atomic E-state index is 14.8. The van der Waals surface area contributed by atoms with Crippen molar-refractivity contribution in [2.24, 2.45) is 5.41 Å². The molecule has 84 heavy (non-hydrogen) atoms. The van der Waals surface area contributed by atoms with Gasteiger partial charge in [0, 0.05) is 97.1 Å². The number of nitrogens with one attached hydrogen (secondary N) is 5. The molecule has 4 fully saturated rings. The number of hydrogen-bond acceptors (Lipinski definition) is 13. The van der Waals surface area contributed by atoms with Gasteiger partial charge in [-0.15, -0.1) is 11.3 Å². The highest BCUT2D eigenvalue weighted by atomic mass is 32.1. The Balaban J connectivity index is 0.806. The van der Waals surface area contributed by atoms with E-state index in [1.54, 1.807) is 49.4 Å². The number of alkyl halides is 4. The minimum Gasteiger partial charge on any atom is -0.391 e. The van der Waals surface area contributed by atoms with Crippen molar-refractivity contribution in [2.45, 2.75) is 102 Å². The number of aromatic nitrogens is 2. The number of pyridine rings is 1. The largest absolute Gasteiger partial charge is 0.417 e. The molecule has 1 saturated carbocycles. The average molecular weight is 1180 g/mol. The van der Waals surface area contributed by atoms with Gasteiger partial charge in [-0.2, -0.15) is 13.2 Å². The third kappa shape index (κ3) is 14.7. The number of likely N-dealkylation sites (N-methyl/N-ethyl adjacent to an activating group) is 1. The second-order valence-corrected chi connectivity index (χ2v) is 24.2. The summed E-state index contributed by atoms with van der Waals surface area (Å²) < 4.78 is 56.8. The van der Waals surface area contributed by atoms with Gasteiger partial charge in [-0.05, 0) is 78.2 Å². The Morgan fingerprint density at radius 3 is 2.21 bits per heavy atom. The van der Waals surface area contributed by atoms with Crippen LogP contribution < -0.4 is 31.7 Å². The van der Waals surface area contributed by atoms with Crippen molar-refractivity contribution in [1.82, 2.24) is 45.5 Å². The monoisotopic (exact) mass is 1180 g/mol. The Labute approximate surface area is 488 Å². The van der Waals surface area contributed by atoms with Crippen molar-refractivity contribution in [1.29, 1.82) is 0 Å². The van der Waals surface area contributed by atoms with Gasteiger partial charge in [0.15, 0.2) is 5.67 Å². The van der Waals surface area contributed by atoms with E-state index in [9.17, 15) is 56.2 Å². The van der Waals surface area contributed by atoms with Gasteiger partial charge in [0.2, 0.25) is 29.2 Å². The van der Waals surface area contributed by atoms with Crippen LogP contribution in [0, 0.1) is 12.3 Å². The Morgan fingerprint density at radius 1 is 0.869 bits per heavy atom. The van der Waals surface area contributed by atoms with Crippen molar-refractivity contribution in [3.8, 4) is 21.6 Å². The molecule has 3 saturated heterocycles. The molecule has 2 unspecified atom stereocenters. The molecule has 0 radical (unpaired) electrons. The zero-order chi connectivity index (χ0) is 60.3. The topological polar surface area (TPSA) is 233 Å². The number of rotatable bonds is 18. The highest BCUT2D eigenvalue weighted by Gasteiger charge is 2.53. The van der Waals surface area contributed by atoms with E-state index in [0.717, 1.165) is 46.5 Å². The summed E-state index contributed by atoms with van der Waals surface area (Å²) in [5.41, 5.74) is 1.56. The predicted octanol–water partition coefficient (Wildman–Crippen LogP) is 5.89. The SMILES string of the molecule is Cc1ncsc1-c1ccc(C(CC(=O)NCCC(=O)N2CCN(Cc3cccc(-c4ccc(N5CCN(C)CC5)c(NC(=O)c5c[nH]c(=O)cc5C(F)(F)F)c4)c3)CC2)NC(=O)[C@@H]2C[C@@H](O)CN2C(=O)C(NC(=O)C2(F)CC2)C(C)(C)C)cc1. The van der Waals surface area contributed by atoms with E-state index in [2.05, 4.69) is 45.9 Å². The van der Waals surface area contributed by atoms with Crippen LogP contribution in [-0.2, 0) is 36.7 Å². The maximum absolute atomic E-state index is 14.8. The third-order valence-corrected chi connectivity index (χ3v) is 17.0. The van der Waals surface area contributed by atoms with Crippen molar-refractivity contribution < 1.29 is 51.4 Å². The fourth-order valence-corrected chi connectivity index (χ4v) is 11.7. The molecular weight excluding hydrogens is 1110 g/mol. The molecule has 6 amide bonds. The lowest BCUT2D eigenvalue weighted by Crippen LogP contribution is -2.59. The van der Waals surface area contributed by atoms with Crippen LogP contribution in [0.1, 0.15) is 91.7 Å². The molecule has 9 rings (SSSR count). The summed E-state index contributed by atoms with van der Waals surface area (Å²) in [5, 5.41) is 21.9. The summed E-state index contributed by atoms with van der Waals surface area (Å²) in [4.78, 5) is 111. The number of aromatic amines is 1. The predicted molar refractivity (Wildman–Crippen MR) is 309 cm³/mol. The first-order chi connectivity index (χ1) is 39.8. The molecule has 0 spiro atoms. The first-order valence-electron chi connectivity index (χ1n) is 28.2. The number of anilines is 2. The zero-order valence-corrected chi connectivity index (χ0v) is 48.4. The summed E-state index contributed by atoms with van der Waals surface area (Å²) in [6.07, 6.45) is -5.45. The number of benzene rings is 3. The second kappa shape index (κ2) is 25.4. The molecule has 5 aromatic rings. The number of piperazine rings is 2. The fraction of sp³-hybridized carbons (Fsp3) is 0.467. The van der Waals surface area contributed by atoms with E-state index in [-0.39, 0.29) is 51.1 Å². The van der Waals surface area contributed by atoms with E-state index >= 15 is 0 Å². The van der Waals surface area contributed by atoms with Crippen LogP contribution in [0.2, 0.25) is 0 Å². The number of halogens is 4. The van der Waals surface area contributed by atoms with Crippen LogP contribution >= 0.6 is 11.3 Å². The molecule has 6 N–H and O–H groups in total. The molecule has 4 atom stereocenters. The molecule has 1 aliphatic carbocycles. The van der Waals surface area contributed by atoms with Gasteiger partial charge in [0.05, 0.1) is 57.1 Å². The van der Waals surface area contributed by atoms with Gasteiger partial charge in [-0.1, -0.05) is 69.3 Å². The summed E-state index contributed by atoms with van der Waals surface area (Å²) in [7, 11) is 2.00. The van der Waals surface area contributed by atoms with Gasteiger partial charge < -0.3 is 51.0 Å². The molecule has 0 bridgehead atoms. The number of hydrogen-bond donors (Lipinski definition) is 6.